The van der Waals surface area contributed by atoms with Gasteiger partial charge in [-0.1, -0.05) is 6.07 Å². The van der Waals surface area contributed by atoms with Crippen molar-refractivity contribution in [3.63, 3.8) is 0 Å². The molecule has 2 heterocycles. The molecule has 1 aromatic carbocycles. The number of nitrogens with zero attached hydrogens (tertiary/aromatic N) is 5. The van der Waals surface area contributed by atoms with Gasteiger partial charge in [0.1, 0.15) is 6.54 Å². The average molecular weight is 374 g/mol. The molecule has 0 saturated carbocycles. The molecule has 3 rings (SSSR count). The van der Waals surface area contributed by atoms with E-state index in [1.165, 1.54) is 16.9 Å². The van der Waals surface area contributed by atoms with Crippen LogP contribution in [0.15, 0.2) is 47.5 Å². The molecule has 9 nitrogen and oxygen atoms in total. The first-order valence-corrected chi connectivity index (χ1v) is 9.36. The van der Waals surface area contributed by atoms with Crippen LogP contribution < -0.4 is 4.72 Å². The van der Waals surface area contributed by atoms with Crippen molar-refractivity contribution in [2.45, 2.75) is 18.4 Å². The Balaban J connectivity index is 1.74. The van der Waals surface area contributed by atoms with Crippen LogP contribution in [0, 0.1) is 6.92 Å². The second-order valence-electron chi connectivity index (χ2n) is 5.62. The predicted molar refractivity (Wildman–Crippen MR) is 93.6 cm³/mol. The number of tetrazole rings is 1. The van der Waals surface area contributed by atoms with Crippen molar-refractivity contribution in [1.29, 1.82) is 0 Å². The van der Waals surface area contributed by atoms with Crippen molar-refractivity contribution in [3.05, 3.63) is 53.9 Å². The quantitative estimate of drug-likeness (QED) is 0.612. The molecule has 0 atom stereocenters. The molecule has 0 unspecified atom stereocenters. The van der Waals surface area contributed by atoms with Crippen LogP contribution in [0.25, 0.3) is 11.4 Å². The summed E-state index contributed by atoms with van der Waals surface area (Å²) < 4.78 is 26.3. The van der Waals surface area contributed by atoms with Gasteiger partial charge in [0.05, 0.1) is 17.2 Å². The smallest absolute Gasteiger partial charge is 0.240 e. The minimum absolute atomic E-state index is 0.0347. The third-order valence-electron chi connectivity index (χ3n) is 3.56. The van der Waals surface area contributed by atoms with E-state index in [-0.39, 0.29) is 18.0 Å². The first-order chi connectivity index (χ1) is 12.5. The third-order valence-corrected chi connectivity index (χ3v) is 5.03. The van der Waals surface area contributed by atoms with Crippen LogP contribution in [0.2, 0.25) is 0 Å². The Morgan fingerprint density at radius 2 is 1.92 bits per heavy atom. The molecule has 0 fully saturated rings. The third kappa shape index (κ3) is 4.28. The second-order valence-corrected chi connectivity index (χ2v) is 7.38. The maximum Gasteiger partial charge on any atom is 0.240 e. The van der Waals surface area contributed by atoms with Gasteiger partial charge in [0.25, 0.3) is 0 Å². The highest BCUT2D eigenvalue weighted by molar-refractivity contribution is 7.89. The minimum atomic E-state index is -3.64. The zero-order valence-electron chi connectivity index (χ0n) is 14.1. The molecule has 2 aromatic heterocycles. The predicted octanol–water partition coefficient (Wildman–Crippen LogP) is 0.362. The number of rotatable bonds is 7. The standard InChI is InChI=1S/C16H18N6O3S/c1-12-2-5-14(17-10-12)11-22-20-16(19-21-22)13-3-6-15(7-4-13)26(24,25)18-8-9-23/h2-7,10,18,23H,8-9,11H2,1H3. The highest BCUT2D eigenvalue weighted by atomic mass is 32.2. The Morgan fingerprint density at radius 3 is 2.58 bits per heavy atom. The summed E-state index contributed by atoms with van der Waals surface area (Å²) in [5.74, 6) is 0.393. The molecule has 2 N–H and O–H groups in total. The molecule has 0 bridgehead atoms. The number of aromatic nitrogens is 5. The molecule has 0 amide bonds. The van der Waals surface area contributed by atoms with Crippen LogP contribution in [0.3, 0.4) is 0 Å². The maximum absolute atomic E-state index is 12.0. The van der Waals surface area contributed by atoms with Gasteiger partial charge in [-0.3, -0.25) is 4.98 Å². The number of hydrogen-bond acceptors (Lipinski definition) is 7. The second kappa shape index (κ2) is 7.68. The van der Waals surface area contributed by atoms with Gasteiger partial charge in [0.15, 0.2) is 0 Å². The first-order valence-electron chi connectivity index (χ1n) is 7.88. The zero-order chi connectivity index (χ0) is 18.6. The van der Waals surface area contributed by atoms with Gasteiger partial charge >= 0.3 is 0 Å². The molecular formula is C16H18N6O3S. The molecular weight excluding hydrogens is 356 g/mol. The Hall–Kier alpha value is -2.69. The van der Waals surface area contributed by atoms with Crippen molar-refractivity contribution in [3.8, 4) is 11.4 Å². The van der Waals surface area contributed by atoms with Crippen LogP contribution in [0.4, 0.5) is 0 Å². The molecule has 0 spiro atoms. The Labute approximate surface area is 150 Å². The summed E-state index contributed by atoms with van der Waals surface area (Å²) in [5.41, 5.74) is 2.54. The molecule has 26 heavy (non-hydrogen) atoms. The number of nitrogens with one attached hydrogen (secondary N) is 1. The molecule has 10 heteroatoms. The Morgan fingerprint density at radius 1 is 1.15 bits per heavy atom. The van der Waals surface area contributed by atoms with E-state index in [9.17, 15) is 8.42 Å². The van der Waals surface area contributed by atoms with Gasteiger partial charge in [-0.05, 0) is 48.0 Å². The van der Waals surface area contributed by atoms with Gasteiger partial charge in [-0.15, -0.1) is 10.2 Å². The molecule has 3 aromatic rings. The number of sulfonamides is 1. The lowest BCUT2D eigenvalue weighted by molar-refractivity contribution is 0.301. The van der Waals surface area contributed by atoms with E-state index in [0.29, 0.717) is 17.9 Å². The van der Waals surface area contributed by atoms with E-state index in [0.717, 1.165) is 11.3 Å². The largest absolute Gasteiger partial charge is 0.395 e. The molecule has 136 valence electrons. The summed E-state index contributed by atoms with van der Waals surface area (Å²) in [6.45, 7) is 2.06. The fraction of sp³-hybridized carbons (Fsp3) is 0.250. The molecule has 0 radical (unpaired) electrons. The van der Waals surface area contributed by atoms with Crippen LogP contribution in [0.5, 0.6) is 0 Å². The number of aryl methyl sites for hydroxylation is 1. The lowest BCUT2D eigenvalue weighted by Crippen LogP contribution is -2.26. The molecule has 0 saturated heterocycles. The van der Waals surface area contributed by atoms with E-state index < -0.39 is 10.0 Å². The van der Waals surface area contributed by atoms with E-state index in [4.69, 9.17) is 5.11 Å². The fourth-order valence-electron chi connectivity index (χ4n) is 2.21. The van der Waals surface area contributed by atoms with Crippen molar-refractivity contribution in [1.82, 2.24) is 29.9 Å². The van der Waals surface area contributed by atoms with Crippen molar-refractivity contribution in [2.75, 3.05) is 13.2 Å². The van der Waals surface area contributed by atoms with Crippen LogP contribution >= 0.6 is 0 Å². The van der Waals surface area contributed by atoms with Gasteiger partial charge in [-0.2, -0.15) is 4.80 Å². The number of hydrogen-bond donors (Lipinski definition) is 2. The molecule has 0 aliphatic rings. The van der Waals surface area contributed by atoms with Gasteiger partial charge < -0.3 is 5.11 Å². The summed E-state index contributed by atoms with van der Waals surface area (Å²) in [6.07, 6.45) is 1.77. The maximum atomic E-state index is 12.0. The fourth-order valence-corrected chi connectivity index (χ4v) is 3.23. The average Bonchev–Trinajstić information content (AvgIpc) is 3.11. The number of benzene rings is 1. The minimum Gasteiger partial charge on any atom is -0.395 e. The van der Waals surface area contributed by atoms with E-state index in [1.54, 1.807) is 18.3 Å². The topological polar surface area (TPSA) is 123 Å². The van der Waals surface area contributed by atoms with Gasteiger partial charge in [0.2, 0.25) is 15.8 Å². The Kier molecular flexibility index (Phi) is 5.35. The van der Waals surface area contributed by atoms with Crippen LogP contribution in [-0.4, -0.2) is 51.9 Å². The molecule has 0 aliphatic heterocycles. The van der Waals surface area contributed by atoms with E-state index in [2.05, 4.69) is 25.1 Å². The summed E-state index contributed by atoms with van der Waals surface area (Å²) in [6, 6.07) is 9.99. The van der Waals surface area contributed by atoms with Crippen LogP contribution in [-0.2, 0) is 16.6 Å². The normalized spacial score (nSPS) is 11.6. The summed E-state index contributed by atoms with van der Waals surface area (Å²) in [7, 11) is -3.64. The van der Waals surface area contributed by atoms with Gasteiger partial charge in [0, 0.05) is 18.3 Å². The SMILES string of the molecule is Cc1ccc(Cn2nnc(-c3ccc(S(=O)(=O)NCCO)cc3)n2)nc1. The lowest BCUT2D eigenvalue weighted by atomic mass is 10.2. The highest BCUT2D eigenvalue weighted by Gasteiger charge is 2.14. The van der Waals surface area contributed by atoms with Crippen molar-refractivity contribution in [2.24, 2.45) is 0 Å². The monoisotopic (exact) mass is 374 g/mol. The summed E-state index contributed by atoms with van der Waals surface area (Å²) in [4.78, 5) is 5.83. The number of aliphatic hydroxyl groups excluding tert-OH is 1. The zero-order valence-corrected chi connectivity index (χ0v) is 14.9. The van der Waals surface area contributed by atoms with Crippen molar-refractivity contribution >= 4 is 10.0 Å². The lowest BCUT2D eigenvalue weighted by Gasteiger charge is -2.05. The summed E-state index contributed by atoms with van der Waals surface area (Å²) >= 11 is 0. The first kappa shape index (κ1) is 18.1. The van der Waals surface area contributed by atoms with Crippen molar-refractivity contribution < 1.29 is 13.5 Å². The highest BCUT2D eigenvalue weighted by Crippen LogP contribution is 2.17. The van der Waals surface area contributed by atoms with E-state index >= 15 is 0 Å². The summed E-state index contributed by atoms with van der Waals surface area (Å²) in [5, 5.41) is 21.0. The number of pyridine rings is 1. The van der Waals surface area contributed by atoms with E-state index in [1.807, 2.05) is 19.1 Å². The van der Waals surface area contributed by atoms with Gasteiger partial charge in [-0.25, -0.2) is 13.1 Å². The van der Waals surface area contributed by atoms with Crippen LogP contribution in [0.1, 0.15) is 11.3 Å². The molecule has 0 aliphatic carbocycles. The Bertz CT molecular complexity index is 968. The number of aliphatic hydroxyl groups is 1.